The highest BCUT2D eigenvalue weighted by Crippen LogP contribution is 2.65. The number of amides is 1. The minimum absolute atomic E-state index is 0.183. The second-order valence-corrected chi connectivity index (χ2v) is 9.92. The molecule has 1 amide bonds. The maximum Gasteiger partial charge on any atom is 0.226 e. The minimum atomic E-state index is -0.342. The number of hydrogen-bond acceptors (Lipinski definition) is 3. The van der Waals surface area contributed by atoms with Crippen molar-refractivity contribution in [3.8, 4) is 0 Å². The van der Waals surface area contributed by atoms with Gasteiger partial charge in [0.05, 0.1) is 11.5 Å². The first-order valence-corrected chi connectivity index (χ1v) is 10.8. The number of hydrogen-bond donors (Lipinski definition) is 3. The molecule has 5 aliphatic rings. The first kappa shape index (κ1) is 17.7. The zero-order valence-electron chi connectivity index (χ0n) is 16.1. The Balaban J connectivity index is 1.35. The lowest BCUT2D eigenvalue weighted by Crippen LogP contribution is -2.59. The molecule has 3 N–H and O–H groups in total. The maximum absolute atomic E-state index is 13.4. The highest BCUT2D eigenvalue weighted by Gasteiger charge is 2.60. The number of aliphatic hydroxyl groups is 1. The second-order valence-electron chi connectivity index (χ2n) is 9.92. The van der Waals surface area contributed by atoms with Crippen molar-refractivity contribution in [3.05, 3.63) is 35.9 Å². The van der Waals surface area contributed by atoms with Gasteiger partial charge in [-0.25, -0.2) is 0 Å². The quantitative estimate of drug-likeness (QED) is 0.766. The van der Waals surface area contributed by atoms with Gasteiger partial charge in [0.25, 0.3) is 0 Å². The molecular formula is C23H32N2O2. The fraction of sp³-hybridized carbons (Fsp3) is 0.696. The summed E-state index contributed by atoms with van der Waals surface area (Å²) in [6.45, 7) is 2.20. The smallest absolute Gasteiger partial charge is 0.226 e. The minimum Gasteiger partial charge on any atom is -0.391 e. The maximum atomic E-state index is 13.4. The van der Waals surface area contributed by atoms with E-state index < -0.39 is 0 Å². The molecule has 4 aliphatic carbocycles. The number of benzene rings is 1. The van der Waals surface area contributed by atoms with Crippen molar-refractivity contribution in [1.29, 1.82) is 0 Å². The molecule has 5 fully saturated rings. The van der Waals surface area contributed by atoms with Crippen LogP contribution < -0.4 is 10.6 Å². The van der Waals surface area contributed by atoms with Gasteiger partial charge in [-0.1, -0.05) is 30.3 Å². The second kappa shape index (κ2) is 6.59. The van der Waals surface area contributed by atoms with Gasteiger partial charge in [-0.05, 0) is 74.3 Å². The van der Waals surface area contributed by atoms with Gasteiger partial charge in [0.2, 0.25) is 5.91 Å². The summed E-state index contributed by atoms with van der Waals surface area (Å²) in [6, 6.07) is 11.0. The summed E-state index contributed by atoms with van der Waals surface area (Å²) >= 11 is 0. The highest BCUT2D eigenvalue weighted by molar-refractivity contribution is 5.83. The van der Waals surface area contributed by atoms with Crippen LogP contribution in [0.15, 0.2) is 30.3 Å². The summed E-state index contributed by atoms with van der Waals surface area (Å²) in [5, 5.41) is 16.7. The van der Waals surface area contributed by atoms with E-state index in [0.29, 0.717) is 24.9 Å². The van der Waals surface area contributed by atoms with E-state index in [9.17, 15) is 9.90 Å². The molecule has 1 aromatic carbocycles. The lowest BCUT2D eigenvalue weighted by Gasteiger charge is -2.61. The van der Waals surface area contributed by atoms with Crippen LogP contribution in [0.3, 0.4) is 0 Å². The van der Waals surface area contributed by atoms with Gasteiger partial charge in [0.1, 0.15) is 0 Å². The Morgan fingerprint density at radius 2 is 1.89 bits per heavy atom. The first-order chi connectivity index (χ1) is 13.1. The predicted molar refractivity (Wildman–Crippen MR) is 105 cm³/mol. The molecule has 0 aromatic heterocycles. The van der Waals surface area contributed by atoms with Crippen molar-refractivity contribution < 1.29 is 9.90 Å². The number of piperidine rings is 1. The third-order valence-electron chi connectivity index (χ3n) is 8.04. The van der Waals surface area contributed by atoms with E-state index in [1.54, 1.807) is 0 Å². The molecule has 1 aliphatic heterocycles. The van der Waals surface area contributed by atoms with Crippen molar-refractivity contribution in [2.24, 2.45) is 23.2 Å². The van der Waals surface area contributed by atoms with Crippen LogP contribution in [0.25, 0.3) is 0 Å². The summed E-state index contributed by atoms with van der Waals surface area (Å²) in [7, 11) is 0. The van der Waals surface area contributed by atoms with Crippen molar-refractivity contribution in [1.82, 2.24) is 10.6 Å². The van der Waals surface area contributed by atoms with Gasteiger partial charge in [0.15, 0.2) is 0 Å². The van der Waals surface area contributed by atoms with Crippen molar-refractivity contribution >= 4 is 5.91 Å². The molecule has 4 heteroatoms. The van der Waals surface area contributed by atoms with Gasteiger partial charge in [-0.2, -0.15) is 0 Å². The standard InChI is InChI=1S/C23H32N2O2/c26-20-14-24-7-6-18(20)13-25-21(27)23-11-16-8-17(12-23)10-22(9-16,15-23)19-4-2-1-3-5-19/h1-5,16-18,20,24,26H,6-15H2,(H,25,27)/t16-,17-,18-,20+,22?,23?/m0/s1. The predicted octanol–water partition coefficient (Wildman–Crippen LogP) is 2.61. The Morgan fingerprint density at radius 1 is 1.15 bits per heavy atom. The summed E-state index contributed by atoms with van der Waals surface area (Å²) in [6.07, 6.45) is 7.58. The van der Waals surface area contributed by atoms with Crippen LogP contribution in [0.4, 0.5) is 0 Å². The van der Waals surface area contributed by atoms with Crippen LogP contribution in [0.2, 0.25) is 0 Å². The number of rotatable bonds is 4. The van der Waals surface area contributed by atoms with E-state index in [4.69, 9.17) is 0 Å². The lowest BCUT2D eigenvalue weighted by atomic mass is 9.42. The molecule has 6 rings (SSSR count). The molecule has 4 atom stereocenters. The van der Waals surface area contributed by atoms with Gasteiger partial charge in [-0.15, -0.1) is 0 Å². The monoisotopic (exact) mass is 368 g/mol. The molecular weight excluding hydrogens is 336 g/mol. The summed E-state index contributed by atoms with van der Waals surface area (Å²) in [5.41, 5.74) is 1.47. The molecule has 1 saturated heterocycles. The van der Waals surface area contributed by atoms with Crippen LogP contribution in [0, 0.1) is 23.2 Å². The zero-order valence-corrected chi connectivity index (χ0v) is 16.1. The fourth-order valence-corrected chi connectivity index (χ4v) is 7.20. The van der Waals surface area contributed by atoms with Crippen molar-refractivity contribution in [2.75, 3.05) is 19.6 Å². The van der Waals surface area contributed by atoms with Gasteiger partial charge < -0.3 is 15.7 Å². The first-order valence-electron chi connectivity index (χ1n) is 10.8. The van der Waals surface area contributed by atoms with Crippen molar-refractivity contribution in [3.63, 3.8) is 0 Å². The van der Waals surface area contributed by atoms with E-state index in [1.165, 1.54) is 24.8 Å². The Morgan fingerprint density at radius 3 is 2.59 bits per heavy atom. The van der Waals surface area contributed by atoms with Crippen molar-refractivity contribution in [2.45, 2.75) is 56.5 Å². The Kier molecular flexibility index (Phi) is 4.32. The van der Waals surface area contributed by atoms with Crippen LogP contribution in [0.1, 0.15) is 50.5 Å². The van der Waals surface area contributed by atoms with Crippen LogP contribution >= 0.6 is 0 Å². The number of carbonyl (C=O) groups excluding carboxylic acids is 1. The van der Waals surface area contributed by atoms with E-state index in [1.807, 2.05) is 0 Å². The largest absolute Gasteiger partial charge is 0.391 e. The molecule has 27 heavy (non-hydrogen) atoms. The van der Waals surface area contributed by atoms with Gasteiger partial charge >= 0.3 is 0 Å². The number of β-amino-alcohol motifs (C(OH)–C–C–N with tert-alkyl or cyclic N) is 1. The number of aliphatic hydroxyl groups excluding tert-OH is 1. The molecule has 1 heterocycles. The molecule has 0 radical (unpaired) electrons. The van der Waals surface area contributed by atoms with E-state index in [0.717, 1.165) is 32.2 Å². The highest BCUT2D eigenvalue weighted by atomic mass is 16.3. The van der Waals surface area contributed by atoms with Crippen LogP contribution in [-0.4, -0.2) is 36.8 Å². The van der Waals surface area contributed by atoms with Gasteiger partial charge in [-0.3, -0.25) is 4.79 Å². The third-order valence-corrected chi connectivity index (χ3v) is 8.04. The Labute approximate surface area is 162 Å². The van der Waals surface area contributed by atoms with E-state index in [-0.39, 0.29) is 28.8 Å². The van der Waals surface area contributed by atoms with Crippen LogP contribution in [0.5, 0.6) is 0 Å². The molecule has 146 valence electrons. The number of nitrogens with one attached hydrogen (secondary N) is 2. The van der Waals surface area contributed by atoms with E-state index >= 15 is 0 Å². The van der Waals surface area contributed by atoms with E-state index in [2.05, 4.69) is 41.0 Å². The molecule has 4 saturated carbocycles. The third kappa shape index (κ3) is 3.01. The molecule has 0 unspecified atom stereocenters. The van der Waals surface area contributed by atoms with Crippen LogP contribution in [-0.2, 0) is 10.2 Å². The molecule has 0 spiro atoms. The lowest BCUT2D eigenvalue weighted by molar-refractivity contribution is -0.149. The topological polar surface area (TPSA) is 61.4 Å². The SMILES string of the molecule is O=C(NC[C@@H]1CCNC[C@H]1O)C12C[C@H]3C[C@H](C1)CC(c1ccccc1)(C3)C2. The normalized spacial score (nSPS) is 42.9. The molecule has 1 aromatic rings. The Bertz CT molecular complexity index is 690. The van der Waals surface area contributed by atoms with Gasteiger partial charge in [0, 0.05) is 19.0 Å². The Hall–Kier alpha value is -1.39. The fourth-order valence-electron chi connectivity index (χ4n) is 7.20. The zero-order chi connectivity index (χ0) is 18.5. The number of carbonyl (C=O) groups is 1. The average molecular weight is 369 g/mol. The summed E-state index contributed by atoms with van der Waals surface area (Å²) < 4.78 is 0. The molecule has 4 nitrogen and oxygen atoms in total. The molecule has 4 bridgehead atoms. The summed E-state index contributed by atoms with van der Waals surface area (Å²) in [5.74, 6) is 1.85. The summed E-state index contributed by atoms with van der Waals surface area (Å²) in [4.78, 5) is 13.4. The average Bonchev–Trinajstić information content (AvgIpc) is 2.67.